The van der Waals surface area contributed by atoms with Gasteiger partial charge in [-0.15, -0.1) is 0 Å². The van der Waals surface area contributed by atoms with Gasteiger partial charge in [-0.1, -0.05) is 0 Å². The summed E-state index contributed by atoms with van der Waals surface area (Å²) >= 11 is 2.90. The Morgan fingerprint density at radius 1 is 1.32 bits per heavy atom. The van der Waals surface area contributed by atoms with Crippen LogP contribution in [0.25, 0.3) is 11.4 Å². The highest BCUT2D eigenvalue weighted by Crippen LogP contribution is 2.11. The molecule has 0 aromatic carbocycles. The van der Waals surface area contributed by atoms with Crippen molar-refractivity contribution in [1.82, 2.24) is 9.97 Å². The second-order valence-corrected chi connectivity index (χ2v) is 4.72. The van der Waals surface area contributed by atoms with Crippen LogP contribution in [-0.2, 0) is 11.3 Å². The maximum atomic E-state index is 10.8. The molecule has 2 heterocycles. The van der Waals surface area contributed by atoms with Gasteiger partial charge in [0.05, 0.1) is 12.0 Å². The van der Waals surface area contributed by atoms with Crippen molar-refractivity contribution in [2.45, 2.75) is 13.0 Å². The van der Waals surface area contributed by atoms with Crippen molar-refractivity contribution in [3.63, 3.8) is 0 Å². The van der Waals surface area contributed by atoms with Crippen LogP contribution < -0.4 is 4.57 Å². The van der Waals surface area contributed by atoms with Crippen LogP contribution in [-0.4, -0.2) is 14.7 Å². The number of hydrogen-bond donors (Lipinski definition) is 0. The smallest absolute Gasteiger partial charge is 0.204 e. The number of rotatable bonds is 4. The zero-order valence-electron chi connectivity index (χ0n) is 9.95. The van der Waals surface area contributed by atoms with Gasteiger partial charge in [-0.25, -0.2) is 14.5 Å². The third-order valence-corrected chi connectivity index (χ3v) is 2.89. The number of carbonyl (C=O) groups excluding carboxylic acids is 1. The standard InChI is InChI=1S/C13H10BrN4O/c14-12(19)3-6-18-4-1-11(2-5-18)13-16-8-10(7-15)9-17-13/h1-2,4-5,8-9H,3,6H2/q+1. The molecule has 5 nitrogen and oxygen atoms in total. The number of pyridine rings is 1. The molecule has 6 heteroatoms. The fraction of sp³-hybridized carbons (Fsp3) is 0.154. The van der Waals surface area contributed by atoms with Crippen LogP contribution in [0.15, 0.2) is 36.9 Å². The van der Waals surface area contributed by atoms with E-state index in [2.05, 4.69) is 25.9 Å². The predicted molar refractivity (Wildman–Crippen MR) is 70.9 cm³/mol. The van der Waals surface area contributed by atoms with Gasteiger partial charge < -0.3 is 0 Å². The van der Waals surface area contributed by atoms with E-state index in [9.17, 15) is 4.79 Å². The molecular formula is C13H10BrN4O+. The van der Waals surface area contributed by atoms with E-state index in [0.29, 0.717) is 24.4 Å². The molecule has 0 aliphatic rings. The van der Waals surface area contributed by atoms with Gasteiger partial charge in [0.25, 0.3) is 0 Å². The van der Waals surface area contributed by atoms with E-state index >= 15 is 0 Å². The number of aryl methyl sites for hydroxylation is 1. The van der Waals surface area contributed by atoms with E-state index < -0.39 is 0 Å². The number of aromatic nitrogens is 3. The molecule has 0 aliphatic heterocycles. The maximum Gasteiger partial charge on any atom is 0.204 e. The molecule has 0 aliphatic carbocycles. The third-order valence-electron chi connectivity index (χ3n) is 2.50. The topological polar surface area (TPSA) is 70.5 Å². The summed E-state index contributed by atoms with van der Waals surface area (Å²) in [6, 6.07) is 5.73. The molecule has 2 aromatic rings. The quantitative estimate of drug-likeness (QED) is 0.634. The van der Waals surface area contributed by atoms with Gasteiger partial charge in [-0.05, 0) is 15.9 Å². The highest BCUT2D eigenvalue weighted by molar-refractivity contribution is 9.18. The van der Waals surface area contributed by atoms with E-state index in [1.165, 1.54) is 12.4 Å². The van der Waals surface area contributed by atoms with Crippen LogP contribution in [0.1, 0.15) is 12.0 Å². The summed E-state index contributed by atoms with van der Waals surface area (Å²) in [7, 11) is 0. The molecule has 0 saturated carbocycles. The Morgan fingerprint density at radius 3 is 2.47 bits per heavy atom. The zero-order valence-corrected chi connectivity index (χ0v) is 11.5. The average Bonchev–Trinajstić information content (AvgIpc) is 2.46. The minimum Gasteiger partial charge on any atom is -0.286 e. The summed E-state index contributed by atoms with van der Waals surface area (Å²) < 4.78 is 1.89. The number of carbonyl (C=O) groups is 1. The van der Waals surface area contributed by atoms with E-state index in [4.69, 9.17) is 5.26 Å². The summed E-state index contributed by atoms with van der Waals surface area (Å²) in [5.74, 6) is 0.572. The third kappa shape index (κ3) is 3.66. The summed E-state index contributed by atoms with van der Waals surface area (Å²) in [6.45, 7) is 0.624. The van der Waals surface area contributed by atoms with Crippen LogP contribution in [0.2, 0.25) is 0 Å². The van der Waals surface area contributed by atoms with Crippen LogP contribution in [0, 0.1) is 11.3 Å². The second-order valence-electron chi connectivity index (χ2n) is 3.84. The highest BCUT2D eigenvalue weighted by atomic mass is 79.9. The highest BCUT2D eigenvalue weighted by Gasteiger charge is 2.06. The lowest BCUT2D eigenvalue weighted by Crippen LogP contribution is -2.33. The molecule has 94 valence electrons. The lowest BCUT2D eigenvalue weighted by Gasteiger charge is -1.99. The summed E-state index contributed by atoms with van der Waals surface area (Å²) in [4.78, 5) is 19.1. The Morgan fingerprint density at radius 2 is 1.95 bits per heavy atom. The Labute approximate surface area is 118 Å². The first-order chi connectivity index (χ1) is 9.19. The molecule has 0 unspecified atom stereocenters. The van der Waals surface area contributed by atoms with Crippen LogP contribution >= 0.6 is 15.9 Å². The van der Waals surface area contributed by atoms with Crippen molar-refractivity contribution in [2.24, 2.45) is 0 Å². The van der Waals surface area contributed by atoms with Gasteiger partial charge in [0.1, 0.15) is 6.07 Å². The Kier molecular flexibility index (Phi) is 4.31. The molecule has 0 saturated heterocycles. The Hall–Kier alpha value is -2.13. The SMILES string of the molecule is N#Cc1cnc(-c2cc[n+](CCC(=O)Br)cc2)nc1. The fourth-order valence-electron chi connectivity index (χ4n) is 1.51. The van der Waals surface area contributed by atoms with Crippen LogP contribution in [0.4, 0.5) is 0 Å². The molecule has 0 fully saturated rings. The van der Waals surface area contributed by atoms with Crippen molar-refractivity contribution in [1.29, 1.82) is 5.26 Å². The van der Waals surface area contributed by atoms with E-state index in [-0.39, 0.29) is 4.69 Å². The predicted octanol–water partition coefficient (Wildman–Crippen LogP) is 1.61. The molecule has 0 amide bonds. The Bertz CT molecular complexity index is 617. The number of nitrogens with zero attached hydrogens (tertiary/aromatic N) is 4. The first-order valence-electron chi connectivity index (χ1n) is 5.59. The number of nitriles is 1. The Balaban J connectivity index is 2.13. The molecule has 2 rings (SSSR count). The van der Waals surface area contributed by atoms with Gasteiger partial charge in [-0.2, -0.15) is 5.26 Å². The fourth-order valence-corrected chi connectivity index (χ4v) is 1.68. The van der Waals surface area contributed by atoms with E-state index in [0.717, 1.165) is 5.56 Å². The van der Waals surface area contributed by atoms with Crippen LogP contribution in [0.5, 0.6) is 0 Å². The van der Waals surface area contributed by atoms with E-state index in [1.54, 1.807) is 0 Å². The minimum absolute atomic E-state index is 0.0143. The van der Waals surface area contributed by atoms with Crippen molar-refractivity contribution in [3.8, 4) is 17.5 Å². The molecule has 0 bridgehead atoms. The number of halogens is 1. The van der Waals surface area contributed by atoms with Gasteiger partial charge in [0, 0.05) is 30.1 Å². The van der Waals surface area contributed by atoms with Gasteiger partial charge in [0.15, 0.2) is 24.8 Å². The molecular weight excluding hydrogens is 308 g/mol. The second kappa shape index (κ2) is 6.16. The molecule has 2 aromatic heterocycles. The lowest BCUT2D eigenvalue weighted by atomic mass is 10.2. The summed E-state index contributed by atoms with van der Waals surface area (Å²) in [5.41, 5.74) is 1.30. The van der Waals surface area contributed by atoms with Crippen molar-refractivity contribution in [2.75, 3.05) is 0 Å². The van der Waals surface area contributed by atoms with Crippen molar-refractivity contribution >= 4 is 20.6 Å². The van der Waals surface area contributed by atoms with Gasteiger partial charge in [0.2, 0.25) is 4.69 Å². The number of hydrogen-bond acceptors (Lipinski definition) is 4. The normalized spacial score (nSPS) is 9.89. The zero-order chi connectivity index (χ0) is 13.7. The lowest BCUT2D eigenvalue weighted by molar-refractivity contribution is -0.695. The largest absolute Gasteiger partial charge is 0.286 e. The van der Waals surface area contributed by atoms with Gasteiger partial charge in [-0.3, -0.25) is 4.79 Å². The minimum atomic E-state index is -0.0143. The first kappa shape index (κ1) is 13.3. The first-order valence-corrected chi connectivity index (χ1v) is 6.38. The van der Waals surface area contributed by atoms with Gasteiger partial charge >= 0.3 is 0 Å². The molecule has 0 radical (unpaired) electrons. The van der Waals surface area contributed by atoms with Crippen LogP contribution in [0.3, 0.4) is 0 Å². The monoisotopic (exact) mass is 317 g/mol. The summed E-state index contributed by atoms with van der Waals surface area (Å²) in [6.07, 6.45) is 7.16. The van der Waals surface area contributed by atoms with Crippen molar-refractivity contribution < 1.29 is 9.36 Å². The molecule has 0 atom stereocenters. The van der Waals surface area contributed by atoms with E-state index in [1.807, 2.05) is 35.2 Å². The molecule has 19 heavy (non-hydrogen) atoms. The molecule has 0 N–H and O–H groups in total. The maximum absolute atomic E-state index is 10.8. The summed E-state index contributed by atoms with van der Waals surface area (Å²) in [5, 5.41) is 8.67. The molecule has 0 spiro atoms. The van der Waals surface area contributed by atoms with Crippen molar-refractivity contribution in [3.05, 3.63) is 42.5 Å². The average molecular weight is 318 g/mol.